The van der Waals surface area contributed by atoms with Crippen molar-refractivity contribution < 1.29 is 4.79 Å². The van der Waals surface area contributed by atoms with Crippen molar-refractivity contribution >= 4 is 5.91 Å². The number of rotatable bonds is 3. The molecule has 0 spiro atoms. The molecule has 3 heteroatoms. The molecule has 0 aromatic carbocycles. The Bertz CT molecular complexity index is 145. The molecule has 1 aliphatic heterocycles. The van der Waals surface area contributed by atoms with E-state index in [-0.39, 0.29) is 5.91 Å². The third-order valence-electron chi connectivity index (χ3n) is 1.79. The Morgan fingerprint density at radius 1 is 1.73 bits per heavy atom. The molecule has 1 atom stereocenters. The van der Waals surface area contributed by atoms with E-state index in [2.05, 4.69) is 24.5 Å². The molecule has 1 amide bonds. The van der Waals surface area contributed by atoms with Crippen LogP contribution in [0.25, 0.3) is 0 Å². The van der Waals surface area contributed by atoms with Gasteiger partial charge in [-0.05, 0) is 12.5 Å². The second kappa shape index (κ2) is 3.72. The van der Waals surface area contributed by atoms with E-state index in [0.29, 0.717) is 18.4 Å². The minimum absolute atomic E-state index is 0.172. The first-order valence-corrected chi connectivity index (χ1v) is 4.18. The zero-order valence-corrected chi connectivity index (χ0v) is 7.18. The molecule has 0 aromatic rings. The summed E-state index contributed by atoms with van der Waals surface area (Å²) in [5.41, 5.74) is 0. The molecule has 0 radical (unpaired) electrons. The van der Waals surface area contributed by atoms with Gasteiger partial charge >= 0.3 is 0 Å². The smallest absolute Gasteiger partial charge is 0.221 e. The monoisotopic (exact) mass is 156 g/mol. The number of hydrogen-bond donors (Lipinski definition) is 2. The first-order chi connectivity index (χ1) is 5.18. The van der Waals surface area contributed by atoms with Gasteiger partial charge < -0.3 is 10.6 Å². The van der Waals surface area contributed by atoms with Crippen LogP contribution in [0.2, 0.25) is 0 Å². The van der Waals surface area contributed by atoms with E-state index >= 15 is 0 Å². The molecule has 1 unspecified atom stereocenters. The van der Waals surface area contributed by atoms with Crippen LogP contribution in [0.1, 0.15) is 20.3 Å². The molecule has 11 heavy (non-hydrogen) atoms. The summed E-state index contributed by atoms with van der Waals surface area (Å²) in [5.74, 6) is 0.831. The van der Waals surface area contributed by atoms with Crippen molar-refractivity contribution in [2.75, 3.05) is 13.1 Å². The van der Waals surface area contributed by atoms with E-state index in [1.54, 1.807) is 0 Å². The normalized spacial score (nSPS) is 24.3. The summed E-state index contributed by atoms with van der Waals surface area (Å²) in [7, 11) is 0. The van der Waals surface area contributed by atoms with Gasteiger partial charge in [-0.2, -0.15) is 0 Å². The van der Waals surface area contributed by atoms with Gasteiger partial charge in [-0.15, -0.1) is 0 Å². The standard InChI is InChI=1S/C8H16N2O/c1-6(2)4-9-7-3-8(11)10-5-7/h6-7,9H,3-5H2,1-2H3,(H,10,11). The maximum atomic E-state index is 10.7. The molecule has 1 heterocycles. The molecule has 0 saturated carbocycles. The summed E-state index contributed by atoms with van der Waals surface area (Å²) < 4.78 is 0. The van der Waals surface area contributed by atoms with E-state index in [4.69, 9.17) is 0 Å². The number of carbonyl (C=O) groups is 1. The Morgan fingerprint density at radius 2 is 2.45 bits per heavy atom. The van der Waals surface area contributed by atoms with Gasteiger partial charge in [-0.1, -0.05) is 13.8 Å². The summed E-state index contributed by atoms with van der Waals surface area (Å²) in [6.07, 6.45) is 0.646. The fraction of sp³-hybridized carbons (Fsp3) is 0.875. The second-order valence-corrected chi connectivity index (χ2v) is 3.51. The summed E-state index contributed by atoms with van der Waals surface area (Å²) in [4.78, 5) is 10.7. The van der Waals surface area contributed by atoms with Crippen LogP contribution in [0, 0.1) is 5.92 Å². The average Bonchev–Trinajstić information content (AvgIpc) is 2.31. The fourth-order valence-corrected chi connectivity index (χ4v) is 1.15. The third-order valence-corrected chi connectivity index (χ3v) is 1.79. The van der Waals surface area contributed by atoms with Crippen LogP contribution in [0.15, 0.2) is 0 Å². The molecular formula is C8H16N2O. The van der Waals surface area contributed by atoms with Gasteiger partial charge in [0.1, 0.15) is 0 Å². The molecular weight excluding hydrogens is 140 g/mol. The van der Waals surface area contributed by atoms with E-state index in [1.165, 1.54) is 0 Å². The second-order valence-electron chi connectivity index (χ2n) is 3.51. The molecule has 1 saturated heterocycles. The van der Waals surface area contributed by atoms with Crippen molar-refractivity contribution in [1.82, 2.24) is 10.6 Å². The summed E-state index contributed by atoms with van der Waals surface area (Å²) in [6.45, 7) is 6.12. The minimum atomic E-state index is 0.172. The van der Waals surface area contributed by atoms with Crippen LogP contribution in [0.3, 0.4) is 0 Å². The number of nitrogens with one attached hydrogen (secondary N) is 2. The molecule has 1 aliphatic rings. The lowest BCUT2D eigenvalue weighted by atomic mass is 10.2. The van der Waals surface area contributed by atoms with Crippen molar-refractivity contribution in [2.45, 2.75) is 26.3 Å². The lowest BCUT2D eigenvalue weighted by Gasteiger charge is -2.11. The van der Waals surface area contributed by atoms with Crippen molar-refractivity contribution in [3.63, 3.8) is 0 Å². The maximum absolute atomic E-state index is 10.7. The zero-order chi connectivity index (χ0) is 8.27. The van der Waals surface area contributed by atoms with Crippen molar-refractivity contribution in [2.24, 2.45) is 5.92 Å². The lowest BCUT2D eigenvalue weighted by Crippen LogP contribution is -2.33. The highest BCUT2D eigenvalue weighted by atomic mass is 16.1. The van der Waals surface area contributed by atoms with Crippen LogP contribution in [0.5, 0.6) is 0 Å². The SMILES string of the molecule is CC(C)CNC1CNC(=O)C1. The Labute approximate surface area is 67.5 Å². The number of carbonyl (C=O) groups excluding carboxylic acids is 1. The summed E-state index contributed by atoms with van der Waals surface area (Å²) >= 11 is 0. The first kappa shape index (κ1) is 8.53. The third kappa shape index (κ3) is 2.89. The highest BCUT2D eigenvalue weighted by Gasteiger charge is 2.20. The minimum Gasteiger partial charge on any atom is -0.354 e. The largest absolute Gasteiger partial charge is 0.354 e. The highest BCUT2D eigenvalue weighted by Crippen LogP contribution is 1.99. The molecule has 0 aromatic heterocycles. The molecule has 64 valence electrons. The number of amides is 1. The highest BCUT2D eigenvalue weighted by molar-refractivity contribution is 5.78. The Kier molecular flexibility index (Phi) is 2.88. The van der Waals surface area contributed by atoms with Crippen LogP contribution in [-0.2, 0) is 4.79 Å². The van der Waals surface area contributed by atoms with E-state index in [1.807, 2.05) is 0 Å². The predicted octanol–water partition coefficient (Wildman–Crippen LogP) is 0.120. The van der Waals surface area contributed by atoms with E-state index in [0.717, 1.165) is 13.1 Å². The van der Waals surface area contributed by atoms with Gasteiger partial charge in [0, 0.05) is 19.0 Å². The Hall–Kier alpha value is -0.570. The van der Waals surface area contributed by atoms with Crippen LogP contribution < -0.4 is 10.6 Å². The maximum Gasteiger partial charge on any atom is 0.221 e. The van der Waals surface area contributed by atoms with Gasteiger partial charge in [-0.25, -0.2) is 0 Å². The summed E-state index contributed by atoms with van der Waals surface area (Å²) in [5, 5.41) is 6.12. The first-order valence-electron chi connectivity index (χ1n) is 4.18. The van der Waals surface area contributed by atoms with Gasteiger partial charge in [0.25, 0.3) is 0 Å². The van der Waals surface area contributed by atoms with E-state index in [9.17, 15) is 4.79 Å². The van der Waals surface area contributed by atoms with Crippen LogP contribution in [0.4, 0.5) is 0 Å². The Balaban J connectivity index is 2.13. The molecule has 0 bridgehead atoms. The fourth-order valence-electron chi connectivity index (χ4n) is 1.15. The molecule has 0 aliphatic carbocycles. The van der Waals surface area contributed by atoms with Crippen molar-refractivity contribution in [3.05, 3.63) is 0 Å². The van der Waals surface area contributed by atoms with Gasteiger partial charge in [-0.3, -0.25) is 4.79 Å². The molecule has 3 nitrogen and oxygen atoms in total. The van der Waals surface area contributed by atoms with Gasteiger partial charge in [0.05, 0.1) is 0 Å². The molecule has 1 rings (SSSR count). The zero-order valence-electron chi connectivity index (χ0n) is 7.18. The van der Waals surface area contributed by atoms with Crippen LogP contribution >= 0.6 is 0 Å². The number of hydrogen-bond acceptors (Lipinski definition) is 2. The van der Waals surface area contributed by atoms with Gasteiger partial charge in [0.15, 0.2) is 0 Å². The predicted molar refractivity (Wildman–Crippen MR) is 44.3 cm³/mol. The van der Waals surface area contributed by atoms with Crippen molar-refractivity contribution in [3.8, 4) is 0 Å². The Morgan fingerprint density at radius 3 is 2.91 bits per heavy atom. The molecule has 1 fully saturated rings. The van der Waals surface area contributed by atoms with Crippen molar-refractivity contribution in [1.29, 1.82) is 0 Å². The average molecular weight is 156 g/mol. The van der Waals surface area contributed by atoms with Gasteiger partial charge in [0.2, 0.25) is 5.91 Å². The quantitative estimate of drug-likeness (QED) is 0.609. The topological polar surface area (TPSA) is 41.1 Å². The molecule has 2 N–H and O–H groups in total. The van der Waals surface area contributed by atoms with E-state index < -0.39 is 0 Å². The van der Waals surface area contributed by atoms with Crippen LogP contribution in [-0.4, -0.2) is 25.0 Å². The summed E-state index contributed by atoms with van der Waals surface area (Å²) in [6, 6.07) is 0.366. The lowest BCUT2D eigenvalue weighted by molar-refractivity contribution is -0.119.